The highest BCUT2D eigenvalue weighted by Crippen LogP contribution is 2.12. The number of morpholine rings is 1. The fraction of sp³-hybridized carbons (Fsp3) is 0.938. The van der Waals surface area contributed by atoms with Crippen LogP contribution in [-0.2, 0) is 14.3 Å². The summed E-state index contributed by atoms with van der Waals surface area (Å²) in [4.78, 5) is 14.1. The molecule has 21 heavy (non-hydrogen) atoms. The molecule has 1 rings (SSSR count). The van der Waals surface area contributed by atoms with Gasteiger partial charge in [0.15, 0.2) is 0 Å². The van der Waals surface area contributed by atoms with Crippen LogP contribution >= 0.6 is 0 Å². The Labute approximate surface area is 129 Å². The molecule has 0 aromatic rings. The van der Waals surface area contributed by atoms with E-state index < -0.39 is 0 Å². The molecule has 0 saturated carbocycles. The molecule has 1 heterocycles. The molecule has 1 amide bonds. The quantitative estimate of drug-likeness (QED) is 0.658. The highest BCUT2D eigenvalue weighted by molar-refractivity contribution is 5.81. The summed E-state index contributed by atoms with van der Waals surface area (Å²) in [6, 6.07) is 0. The fourth-order valence-corrected chi connectivity index (χ4v) is 2.11. The number of unbranched alkanes of at least 4 members (excludes halogenated alkanes) is 1. The number of hydrogen-bond acceptors (Lipinski definition) is 4. The fourth-order valence-electron chi connectivity index (χ4n) is 2.11. The summed E-state index contributed by atoms with van der Waals surface area (Å²) >= 11 is 0. The van der Waals surface area contributed by atoms with Crippen LogP contribution in [0.1, 0.15) is 40.0 Å². The van der Waals surface area contributed by atoms with E-state index in [-0.39, 0.29) is 11.3 Å². The standard InChI is InChI=1S/C16H32N2O3/c1-16(2,3)15(19)17-7-4-5-11-20-12-6-8-18-9-13-21-14-10-18/h4-14H2,1-3H3,(H,17,19). The van der Waals surface area contributed by atoms with Gasteiger partial charge in [-0.1, -0.05) is 20.8 Å². The second-order valence-electron chi connectivity index (χ2n) is 6.63. The van der Waals surface area contributed by atoms with Crippen LogP contribution in [0.15, 0.2) is 0 Å². The van der Waals surface area contributed by atoms with Gasteiger partial charge in [0.25, 0.3) is 0 Å². The van der Waals surface area contributed by atoms with Crippen LogP contribution in [0.3, 0.4) is 0 Å². The van der Waals surface area contributed by atoms with Crippen molar-refractivity contribution in [1.82, 2.24) is 10.2 Å². The minimum atomic E-state index is -0.296. The Hall–Kier alpha value is -0.650. The normalized spacial score (nSPS) is 16.9. The molecule has 1 fully saturated rings. The van der Waals surface area contributed by atoms with E-state index in [0.717, 1.165) is 71.9 Å². The van der Waals surface area contributed by atoms with Crippen LogP contribution in [0.2, 0.25) is 0 Å². The van der Waals surface area contributed by atoms with Crippen molar-refractivity contribution in [1.29, 1.82) is 0 Å². The third-order valence-corrected chi connectivity index (χ3v) is 3.55. The minimum Gasteiger partial charge on any atom is -0.381 e. The van der Waals surface area contributed by atoms with Crippen LogP contribution < -0.4 is 5.32 Å². The third kappa shape index (κ3) is 9.06. The van der Waals surface area contributed by atoms with E-state index in [9.17, 15) is 4.79 Å². The van der Waals surface area contributed by atoms with Crippen LogP contribution in [-0.4, -0.2) is 63.4 Å². The summed E-state index contributed by atoms with van der Waals surface area (Å²) in [6.45, 7) is 13.1. The molecule has 5 nitrogen and oxygen atoms in total. The number of carbonyl (C=O) groups is 1. The van der Waals surface area contributed by atoms with Gasteiger partial charge in [0.05, 0.1) is 13.2 Å². The maximum Gasteiger partial charge on any atom is 0.225 e. The van der Waals surface area contributed by atoms with Crippen LogP contribution in [0.4, 0.5) is 0 Å². The molecule has 1 aliphatic heterocycles. The molecule has 1 saturated heterocycles. The Morgan fingerprint density at radius 3 is 2.48 bits per heavy atom. The molecule has 124 valence electrons. The summed E-state index contributed by atoms with van der Waals surface area (Å²) in [6.07, 6.45) is 3.06. The first-order valence-electron chi connectivity index (χ1n) is 8.16. The molecule has 0 aromatic carbocycles. The van der Waals surface area contributed by atoms with E-state index in [4.69, 9.17) is 9.47 Å². The van der Waals surface area contributed by atoms with E-state index in [2.05, 4.69) is 10.2 Å². The van der Waals surface area contributed by atoms with Crippen molar-refractivity contribution < 1.29 is 14.3 Å². The van der Waals surface area contributed by atoms with Crippen molar-refractivity contribution in [3.63, 3.8) is 0 Å². The van der Waals surface area contributed by atoms with Gasteiger partial charge >= 0.3 is 0 Å². The van der Waals surface area contributed by atoms with E-state index in [1.165, 1.54) is 0 Å². The van der Waals surface area contributed by atoms with Crippen molar-refractivity contribution in [2.24, 2.45) is 5.41 Å². The first-order chi connectivity index (χ1) is 10.00. The smallest absolute Gasteiger partial charge is 0.225 e. The summed E-state index contributed by atoms with van der Waals surface area (Å²) in [5, 5.41) is 2.95. The Kier molecular flexibility index (Phi) is 8.88. The molecule has 0 aliphatic carbocycles. The zero-order chi connectivity index (χ0) is 15.6. The predicted molar refractivity (Wildman–Crippen MR) is 84.4 cm³/mol. The Balaban J connectivity index is 1.83. The number of carbonyl (C=O) groups excluding carboxylic acids is 1. The molecule has 0 aromatic heterocycles. The largest absolute Gasteiger partial charge is 0.381 e. The topological polar surface area (TPSA) is 50.8 Å². The maximum atomic E-state index is 11.6. The highest BCUT2D eigenvalue weighted by Gasteiger charge is 2.19. The van der Waals surface area contributed by atoms with Crippen LogP contribution in [0.5, 0.6) is 0 Å². The van der Waals surface area contributed by atoms with Crippen molar-refractivity contribution in [2.45, 2.75) is 40.0 Å². The van der Waals surface area contributed by atoms with Gasteiger partial charge in [-0.15, -0.1) is 0 Å². The molecule has 0 radical (unpaired) electrons. The monoisotopic (exact) mass is 300 g/mol. The molecule has 0 bridgehead atoms. The van der Waals surface area contributed by atoms with Gasteiger partial charge in [0.2, 0.25) is 5.91 Å². The van der Waals surface area contributed by atoms with E-state index in [1.807, 2.05) is 20.8 Å². The first-order valence-corrected chi connectivity index (χ1v) is 8.16. The Morgan fingerprint density at radius 2 is 1.81 bits per heavy atom. The van der Waals surface area contributed by atoms with Gasteiger partial charge in [-0.05, 0) is 19.3 Å². The van der Waals surface area contributed by atoms with Gasteiger partial charge in [0.1, 0.15) is 0 Å². The minimum absolute atomic E-state index is 0.119. The Bertz CT molecular complexity index is 284. The summed E-state index contributed by atoms with van der Waals surface area (Å²) < 4.78 is 10.9. The number of nitrogens with zero attached hydrogens (tertiary/aromatic N) is 1. The van der Waals surface area contributed by atoms with Gasteiger partial charge < -0.3 is 14.8 Å². The van der Waals surface area contributed by atoms with Crippen molar-refractivity contribution in [2.75, 3.05) is 52.6 Å². The number of amides is 1. The Morgan fingerprint density at radius 1 is 1.14 bits per heavy atom. The lowest BCUT2D eigenvalue weighted by atomic mass is 9.96. The van der Waals surface area contributed by atoms with Gasteiger partial charge in [-0.25, -0.2) is 0 Å². The summed E-state index contributed by atoms with van der Waals surface area (Å²) in [5.74, 6) is 0.119. The summed E-state index contributed by atoms with van der Waals surface area (Å²) in [7, 11) is 0. The highest BCUT2D eigenvalue weighted by atomic mass is 16.5. The predicted octanol–water partition coefficient (Wildman–Crippen LogP) is 1.67. The zero-order valence-corrected chi connectivity index (χ0v) is 14.0. The molecular formula is C16H32N2O3. The molecule has 5 heteroatoms. The second-order valence-corrected chi connectivity index (χ2v) is 6.63. The molecule has 0 atom stereocenters. The number of ether oxygens (including phenoxy) is 2. The zero-order valence-electron chi connectivity index (χ0n) is 14.0. The van der Waals surface area contributed by atoms with Crippen molar-refractivity contribution >= 4 is 5.91 Å². The number of hydrogen-bond donors (Lipinski definition) is 1. The van der Waals surface area contributed by atoms with E-state index >= 15 is 0 Å². The lowest BCUT2D eigenvalue weighted by Crippen LogP contribution is -2.37. The average molecular weight is 300 g/mol. The maximum absolute atomic E-state index is 11.6. The average Bonchev–Trinajstić information content (AvgIpc) is 2.45. The molecule has 1 N–H and O–H groups in total. The lowest BCUT2D eigenvalue weighted by Gasteiger charge is -2.26. The third-order valence-electron chi connectivity index (χ3n) is 3.55. The van der Waals surface area contributed by atoms with E-state index in [0.29, 0.717) is 0 Å². The SMILES string of the molecule is CC(C)(C)C(=O)NCCCCOCCCN1CCOCC1. The molecule has 0 spiro atoms. The molecule has 1 aliphatic rings. The van der Waals surface area contributed by atoms with E-state index in [1.54, 1.807) is 0 Å². The van der Waals surface area contributed by atoms with Crippen LogP contribution in [0, 0.1) is 5.41 Å². The second kappa shape index (κ2) is 10.1. The number of nitrogens with one attached hydrogen (secondary N) is 1. The van der Waals surface area contributed by atoms with Gasteiger partial charge in [-0.2, -0.15) is 0 Å². The van der Waals surface area contributed by atoms with Gasteiger partial charge in [-0.3, -0.25) is 9.69 Å². The molecule has 0 unspecified atom stereocenters. The summed E-state index contributed by atoms with van der Waals surface area (Å²) in [5.41, 5.74) is -0.296. The van der Waals surface area contributed by atoms with Crippen LogP contribution in [0.25, 0.3) is 0 Å². The number of rotatable bonds is 9. The lowest BCUT2D eigenvalue weighted by molar-refractivity contribution is -0.128. The van der Waals surface area contributed by atoms with Crippen molar-refractivity contribution in [3.8, 4) is 0 Å². The van der Waals surface area contributed by atoms with Crippen molar-refractivity contribution in [3.05, 3.63) is 0 Å². The van der Waals surface area contributed by atoms with Gasteiger partial charge in [0, 0.05) is 44.8 Å². The first kappa shape index (κ1) is 18.4. The molecular weight excluding hydrogens is 268 g/mol.